The van der Waals surface area contributed by atoms with Crippen LogP contribution in [0.2, 0.25) is 0 Å². The number of carbonyl (C=O) groups is 1. The van der Waals surface area contributed by atoms with Crippen LogP contribution in [-0.4, -0.2) is 18.3 Å². The van der Waals surface area contributed by atoms with Crippen LogP contribution in [0.25, 0.3) is 0 Å². The summed E-state index contributed by atoms with van der Waals surface area (Å²) in [6.07, 6.45) is 6.85. The maximum atomic E-state index is 12.0. The second kappa shape index (κ2) is 6.85. The number of benzene rings is 1. The zero-order valence-electron chi connectivity index (χ0n) is 11.6. The van der Waals surface area contributed by atoms with Gasteiger partial charge < -0.3 is 10.6 Å². The lowest BCUT2D eigenvalue weighted by atomic mass is 9.86. The third kappa shape index (κ3) is 4.16. The minimum atomic E-state index is -0.0861. The van der Waals surface area contributed by atoms with E-state index in [4.69, 9.17) is 0 Å². The van der Waals surface area contributed by atoms with Crippen molar-refractivity contribution >= 4 is 23.5 Å². The minimum Gasteiger partial charge on any atom is -0.335 e. The Labute approximate surface area is 119 Å². The lowest BCUT2D eigenvalue weighted by Crippen LogP contribution is -2.43. The van der Waals surface area contributed by atoms with Crippen molar-refractivity contribution in [2.24, 2.45) is 5.92 Å². The van der Waals surface area contributed by atoms with Gasteiger partial charge in [0.1, 0.15) is 0 Å². The van der Waals surface area contributed by atoms with Gasteiger partial charge in [0.15, 0.2) is 0 Å². The number of carbonyl (C=O) groups excluding carboxylic acids is 1. The average molecular weight is 278 g/mol. The second-order valence-corrected chi connectivity index (χ2v) is 6.08. The molecule has 0 heterocycles. The van der Waals surface area contributed by atoms with Crippen LogP contribution in [0.3, 0.4) is 0 Å². The van der Waals surface area contributed by atoms with Gasteiger partial charge in [-0.05, 0) is 43.2 Å². The molecule has 19 heavy (non-hydrogen) atoms. The Morgan fingerprint density at radius 2 is 2.11 bits per heavy atom. The van der Waals surface area contributed by atoms with Gasteiger partial charge in [-0.2, -0.15) is 0 Å². The molecule has 1 fully saturated rings. The summed E-state index contributed by atoms with van der Waals surface area (Å²) in [5.41, 5.74) is 0.854. The Bertz CT molecular complexity index is 436. The van der Waals surface area contributed by atoms with E-state index < -0.39 is 0 Å². The lowest BCUT2D eigenvalue weighted by Gasteiger charge is -2.29. The van der Waals surface area contributed by atoms with Crippen LogP contribution in [0.4, 0.5) is 10.5 Å². The fraction of sp³-hybridized carbons (Fsp3) is 0.533. The molecule has 1 aliphatic carbocycles. The topological polar surface area (TPSA) is 41.1 Å². The number of anilines is 1. The number of hydrogen-bond donors (Lipinski definition) is 2. The minimum absolute atomic E-state index is 0.0861. The molecule has 0 aliphatic heterocycles. The van der Waals surface area contributed by atoms with Gasteiger partial charge in [-0.15, -0.1) is 11.8 Å². The predicted octanol–water partition coefficient (Wildman–Crippen LogP) is 4.11. The molecule has 104 valence electrons. The number of thioether (sulfide) groups is 1. The highest BCUT2D eigenvalue weighted by Gasteiger charge is 2.22. The molecule has 4 heteroatoms. The molecule has 2 atom stereocenters. The van der Waals surface area contributed by atoms with Gasteiger partial charge in [0.25, 0.3) is 0 Å². The molecule has 0 saturated heterocycles. The fourth-order valence-corrected chi connectivity index (χ4v) is 3.03. The molecule has 0 unspecified atom stereocenters. The van der Waals surface area contributed by atoms with E-state index in [-0.39, 0.29) is 6.03 Å². The molecule has 0 spiro atoms. The predicted molar refractivity (Wildman–Crippen MR) is 81.8 cm³/mol. The number of nitrogens with one attached hydrogen (secondary N) is 2. The van der Waals surface area contributed by atoms with Crippen molar-refractivity contribution < 1.29 is 4.79 Å². The zero-order valence-corrected chi connectivity index (χ0v) is 12.4. The van der Waals surface area contributed by atoms with Crippen molar-refractivity contribution in [3.05, 3.63) is 24.3 Å². The van der Waals surface area contributed by atoms with Crippen LogP contribution in [0.1, 0.15) is 32.6 Å². The SMILES string of the molecule is CSc1cccc(NC(=O)N[C@H]2CCCC[C@H]2C)c1. The highest BCUT2D eigenvalue weighted by molar-refractivity contribution is 7.98. The molecule has 0 radical (unpaired) electrons. The van der Waals surface area contributed by atoms with Gasteiger partial charge in [0.05, 0.1) is 0 Å². The Morgan fingerprint density at radius 3 is 2.84 bits per heavy atom. The fourth-order valence-electron chi connectivity index (χ4n) is 2.57. The summed E-state index contributed by atoms with van der Waals surface area (Å²) in [7, 11) is 0. The maximum Gasteiger partial charge on any atom is 0.319 e. The quantitative estimate of drug-likeness (QED) is 0.817. The molecule has 3 nitrogen and oxygen atoms in total. The maximum absolute atomic E-state index is 12.0. The van der Waals surface area contributed by atoms with E-state index in [1.54, 1.807) is 11.8 Å². The number of hydrogen-bond acceptors (Lipinski definition) is 2. The van der Waals surface area contributed by atoms with Crippen molar-refractivity contribution in [3.63, 3.8) is 0 Å². The van der Waals surface area contributed by atoms with Gasteiger partial charge in [0.2, 0.25) is 0 Å². The van der Waals surface area contributed by atoms with Gasteiger partial charge in [0, 0.05) is 16.6 Å². The first-order chi connectivity index (χ1) is 9.19. The molecule has 1 aromatic carbocycles. The van der Waals surface area contributed by atoms with Crippen molar-refractivity contribution in [1.29, 1.82) is 0 Å². The first-order valence-electron chi connectivity index (χ1n) is 6.90. The van der Waals surface area contributed by atoms with Crippen LogP contribution < -0.4 is 10.6 Å². The van der Waals surface area contributed by atoms with Crippen molar-refractivity contribution in [2.75, 3.05) is 11.6 Å². The molecule has 1 aliphatic rings. The van der Waals surface area contributed by atoms with Crippen LogP contribution in [-0.2, 0) is 0 Å². The third-order valence-electron chi connectivity index (χ3n) is 3.76. The molecule has 1 saturated carbocycles. The normalized spacial score (nSPS) is 22.8. The third-order valence-corrected chi connectivity index (χ3v) is 4.48. The van der Waals surface area contributed by atoms with E-state index >= 15 is 0 Å². The highest BCUT2D eigenvalue weighted by atomic mass is 32.2. The summed E-state index contributed by atoms with van der Waals surface area (Å²) in [6, 6.07) is 8.15. The molecule has 2 rings (SSSR count). The lowest BCUT2D eigenvalue weighted by molar-refractivity contribution is 0.232. The summed E-state index contributed by atoms with van der Waals surface area (Å²) in [5, 5.41) is 6.02. The average Bonchev–Trinajstić information content (AvgIpc) is 2.41. The van der Waals surface area contributed by atoms with E-state index in [9.17, 15) is 4.79 Å². The standard InChI is InChI=1S/C15H22N2OS/c1-11-6-3-4-9-14(11)17-15(18)16-12-7-5-8-13(10-12)19-2/h5,7-8,10-11,14H,3-4,6,9H2,1-2H3,(H2,16,17,18)/t11-,14+/m1/s1. The van der Waals surface area contributed by atoms with E-state index in [1.807, 2.05) is 30.5 Å². The van der Waals surface area contributed by atoms with Crippen LogP contribution in [0.15, 0.2) is 29.2 Å². The Balaban J connectivity index is 1.89. The number of rotatable bonds is 3. The summed E-state index contributed by atoms with van der Waals surface area (Å²) >= 11 is 1.67. The van der Waals surface area contributed by atoms with Crippen molar-refractivity contribution in [1.82, 2.24) is 5.32 Å². The van der Waals surface area contributed by atoms with E-state index in [1.165, 1.54) is 19.3 Å². The first-order valence-corrected chi connectivity index (χ1v) is 8.13. The molecule has 1 aromatic rings. The molecule has 2 N–H and O–H groups in total. The Hall–Kier alpha value is -1.16. The summed E-state index contributed by atoms with van der Waals surface area (Å²) in [4.78, 5) is 13.2. The van der Waals surface area contributed by atoms with E-state index in [0.717, 1.165) is 17.0 Å². The van der Waals surface area contributed by atoms with E-state index in [2.05, 4.69) is 17.6 Å². The highest BCUT2D eigenvalue weighted by Crippen LogP contribution is 2.24. The molecular weight excluding hydrogens is 256 g/mol. The largest absolute Gasteiger partial charge is 0.335 e. The molecule has 2 amide bonds. The molecular formula is C15H22N2OS. The van der Waals surface area contributed by atoms with Gasteiger partial charge in [-0.1, -0.05) is 25.8 Å². The number of urea groups is 1. The number of amides is 2. The van der Waals surface area contributed by atoms with Crippen LogP contribution in [0.5, 0.6) is 0 Å². The molecule has 0 bridgehead atoms. The summed E-state index contributed by atoms with van der Waals surface area (Å²) < 4.78 is 0. The first kappa shape index (κ1) is 14.3. The Morgan fingerprint density at radius 1 is 1.32 bits per heavy atom. The summed E-state index contributed by atoms with van der Waals surface area (Å²) in [5.74, 6) is 0.581. The summed E-state index contributed by atoms with van der Waals surface area (Å²) in [6.45, 7) is 2.22. The van der Waals surface area contributed by atoms with Crippen LogP contribution >= 0.6 is 11.8 Å². The smallest absolute Gasteiger partial charge is 0.319 e. The molecule has 0 aromatic heterocycles. The van der Waals surface area contributed by atoms with Crippen LogP contribution in [0, 0.1) is 5.92 Å². The van der Waals surface area contributed by atoms with Gasteiger partial charge >= 0.3 is 6.03 Å². The van der Waals surface area contributed by atoms with Crippen molar-refractivity contribution in [3.8, 4) is 0 Å². The monoisotopic (exact) mass is 278 g/mol. The second-order valence-electron chi connectivity index (χ2n) is 5.20. The zero-order chi connectivity index (χ0) is 13.7. The van der Waals surface area contributed by atoms with E-state index in [0.29, 0.717) is 12.0 Å². The van der Waals surface area contributed by atoms with Gasteiger partial charge in [-0.3, -0.25) is 0 Å². The van der Waals surface area contributed by atoms with Gasteiger partial charge in [-0.25, -0.2) is 4.79 Å². The van der Waals surface area contributed by atoms with Crippen molar-refractivity contribution in [2.45, 2.75) is 43.5 Å². The Kier molecular flexibility index (Phi) is 5.14.